The number of amides is 2. The van der Waals surface area contributed by atoms with Crippen molar-refractivity contribution in [2.75, 3.05) is 6.54 Å². The fourth-order valence-electron chi connectivity index (χ4n) is 3.27. The van der Waals surface area contributed by atoms with E-state index in [1.807, 2.05) is 0 Å². The van der Waals surface area contributed by atoms with E-state index in [2.05, 4.69) is 10.6 Å². The molecule has 0 spiro atoms. The van der Waals surface area contributed by atoms with Gasteiger partial charge in [-0.05, 0) is 44.6 Å². The SMILES string of the molecule is CC(NC(=O)NCCCC1CCCCC1O)c1cccc(F)c1F. The third-order valence-electron chi connectivity index (χ3n) is 4.70. The van der Waals surface area contributed by atoms with E-state index in [-0.39, 0.29) is 11.7 Å². The largest absolute Gasteiger partial charge is 0.393 e. The average molecular weight is 340 g/mol. The molecule has 3 unspecified atom stereocenters. The highest BCUT2D eigenvalue weighted by Crippen LogP contribution is 2.27. The summed E-state index contributed by atoms with van der Waals surface area (Å²) in [4.78, 5) is 11.9. The number of rotatable bonds is 6. The highest BCUT2D eigenvalue weighted by Gasteiger charge is 2.22. The first-order valence-electron chi connectivity index (χ1n) is 8.65. The summed E-state index contributed by atoms with van der Waals surface area (Å²) in [6.07, 6.45) is 5.62. The molecule has 1 fully saturated rings. The van der Waals surface area contributed by atoms with Gasteiger partial charge in [-0.15, -0.1) is 0 Å². The van der Waals surface area contributed by atoms with Gasteiger partial charge in [0.05, 0.1) is 12.1 Å². The van der Waals surface area contributed by atoms with Gasteiger partial charge in [-0.3, -0.25) is 0 Å². The highest BCUT2D eigenvalue weighted by molar-refractivity contribution is 5.74. The average Bonchev–Trinajstić information content (AvgIpc) is 2.55. The molecule has 0 bridgehead atoms. The normalized spacial score (nSPS) is 22.0. The smallest absolute Gasteiger partial charge is 0.315 e. The van der Waals surface area contributed by atoms with E-state index in [1.54, 1.807) is 6.92 Å². The second kappa shape index (κ2) is 8.97. The van der Waals surface area contributed by atoms with Crippen LogP contribution < -0.4 is 10.6 Å². The molecule has 0 aromatic heterocycles. The first kappa shape index (κ1) is 18.6. The van der Waals surface area contributed by atoms with Gasteiger partial charge < -0.3 is 15.7 Å². The Bertz CT molecular complexity index is 554. The predicted octanol–water partition coefficient (Wildman–Crippen LogP) is 3.66. The number of hydrogen-bond acceptors (Lipinski definition) is 2. The molecule has 6 heteroatoms. The summed E-state index contributed by atoms with van der Waals surface area (Å²) in [5.74, 6) is -1.53. The van der Waals surface area contributed by atoms with Crippen LogP contribution in [0.25, 0.3) is 0 Å². The lowest BCUT2D eigenvalue weighted by atomic mass is 9.83. The number of hydrogen-bond donors (Lipinski definition) is 3. The van der Waals surface area contributed by atoms with Crippen LogP contribution in [0.5, 0.6) is 0 Å². The molecule has 3 N–H and O–H groups in total. The molecule has 24 heavy (non-hydrogen) atoms. The molecular weight excluding hydrogens is 314 g/mol. The molecule has 1 aromatic carbocycles. The Balaban J connectivity index is 1.70. The van der Waals surface area contributed by atoms with Crippen LogP contribution in [0, 0.1) is 17.6 Å². The third-order valence-corrected chi connectivity index (χ3v) is 4.70. The van der Waals surface area contributed by atoms with E-state index in [0.717, 1.165) is 44.6 Å². The van der Waals surface area contributed by atoms with Crippen LogP contribution in [0.4, 0.5) is 13.6 Å². The Morgan fingerprint density at radius 2 is 2.08 bits per heavy atom. The zero-order valence-electron chi connectivity index (χ0n) is 14.0. The number of aliphatic hydroxyl groups excluding tert-OH is 1. The number of carbonyl (C=O) groups is 1. The minimum atomic E-state index is -0.934. The number of carbonyl (C=O) groups excluding carboxylic acids is 1. The first-order valence-corrected chi connectivity index (χ1v) is 8.65. The van der Waals surface area contributed by atoms with Gasteiger partial charge >= 0.3 is 6.03 Å². The molecule has 1 aromatic rings. The van der Waals surface area contributed by atoms with Crippen molar-refractivity contribution in [3.8, 4) is 0 Å². The third kappa shape index (κ3) is 5.16. The number of aliphatic hydroxyl groups is 1. The molecule has 1 aliphatic rings. The number of urea groups is 1. The second-order valence-electron chi connectivity index (χ2n) is 6.52. The van der Waals surface area contributed by atoms with Crippen molar-refractivity contribution in [1.29, 1.82) is 0 Å². The quantitative estimate of drug-likeness (QED) is 0.692. The first-order chi connectivity index (χ1) is 11.5. The highest BCUT2D eigenvalue weighted by atomic mass is 19.2. The molecule has 0 radical (unpaired) electrons. The van der Waals surface area contributed by atoms with Crippen molar-refractivity contribution in [1.82, 2.24) is 10.6 Å². The number of nitrogens with one attached hydrogen (secondary N) is 2. The fourth-order valence-corrected chi connectivity index (χ4v) is 3.27. The van der Waals surface area contributed by atoms with Crippen LogP contribution in [0.2, 0.25) is 0 Å². The maximum atomic E-state index is 13.7. The van der Waals surface area contributed by atoms with E-state index in [1.165, 1.54) is 12.1 Å². The maximum Gasteiger partial charge on any atom is 0.315 e. The lowest BCUT2D eigenvalue weighted by Crippen LogP contribution is -2.38. The van der Waals surface area contributed by atoms with Gasteiger partial charge in [0.25, 0.3) is 0 Å². The zero-order valence-corrected chi connectivity index (χ0v) is 14.0. The molecule has 0 saturated heterocycles. The standard InChI is InChI=1S/C18H26F2N2O2/c1-12(14-8-4-9-15(19)17(14)20)22-18(24)21-11-5-7-13-6-2-3-10-16(13)23/h4,8-9,12-13,16,23H,2-3,5-7,10-11H2,1H3,(H2,21,22,24). The molecule has 3 atom stereocenters. The summed E-state index contributed by atoms with van der Waals surface area (Å²) < 4.78 is 26.9. The fraction of sp³-hybridized carbons (Fsp3) is 0.611. The Hall–Kier alpha value is -1.69. The van der Waals surface area contributed by atoms with Crippen molar-refractivity contribution >= 4 is 6.03 Å². The van der Waals surface area contributed by atoms with Gasteiger partial charge in [0.2, 0.25) is 0 Å². The van der Waals surface area contributed by atoms with Crippen molar-refractivity contribution in [3.63, 3.8) is 0 Å². The summed E-state index contributed by atoms with van der Waals surface area (Å²) in [6, 6.07) is 2.88. The van der Waals surface area contributed by atoms with Gasteiger partial charge in [0.15, 0.2) is 11.6 Å². The molecule has 0 heterocycles. The van der Waals surface area contributed by atoms with Crippen LogP contribution in [-0.2, 0) is 0 Å². The van der Waals surface area contributed by atoms with Gasteiger partial charge in [-0.1, -0.05) is 25.0 Å². The number of benzene rings is 1. The van der Waals surface area contributed by atoms with Crippen LogP contribution in [-0.4, -0.2) is 23.8 Å². The van der Waals surface area contributed by atoms with Gasteiger partial charge in [-0.2, -0.15) is 0 Å². The van der Waals surface area contributed by atoms with Crippen LogP contribution >= 0.6 is 0 Å². The summed E-state index contributed by atoms with van der Waals surface area (Å²) in [6.45, 7) is 2.10. The molecule has 134 valence electrons. The van der Waals surface area contributed by atoms with Crippen molar-refractivity contribution in [3.05, 3.63) is 35.4 Å². The second-order valence-corrected chi connectivity index (χ2v) is 6.52. The minimum absolute atomic E-state index is 0.121. The van der Waals surface area contributed by atoms with Crippen LogP contribution in [0.1, 0.15) is 57.1 Å². The van der Waals surface area contributed by atoms with Crippen molar-refractivity contribution < 1.29 is 18.7 Å². The van der Waals surface area contributed by atoms with Crippen molar-refractivity contribution in [2.45, 2.75) is 57.6 Å². The maximum absolute atomic E-state index is 13.7. The van der Waals surface area contributed by atoms with Crippen LogP contribution in [0.15, 0.2) is 18.2 Å². The molecule has 0 aliphatic heterocycles. The summed E-state index contributed by atoms with van der Waals surface area (Å²) in [5, 5.41) is 15.2. The van der Waals surface area contributed by atoms with E-state index in [0.29, 0.717) is 12.5 Å². The van der Waals surface area contributed by atoms with Gasteiger partial charge in [-0.25, -0.2) is 13.6 Å². The minimum Gasteiger partial charge on any atom is -0.393 e. The topological polar surface area (TPSA) is 61.4 Å². The van der Waals surface area contributed by atoms with Crippen molar-refractivity contribution in [2.24, 2.45) is 5.92 Å². The Labute approximate surface area is 141 Å². The van der Waals surface area contributed by atoms with E-state index in [4.69, 9.17) is 0 Å². The Morgan fingerprint density at radius 3 is 2.83 bits per heavy atom. The lowest BCUT2D eigenvalue weighted by molar-refractivity contribution is 0.0644. The monoisotopic (exact) mass is 340 g/mol. The van der Waals surface area contributed by atoms with Crippen LogP contribution in [0.3, 0.4) is 0 Å². The summed E-state index contributed by atoms with van der Waals surface area (Å²) >= 11 is 0. The predicted molar refractivity (Wildman–Crippen MR) is 88.5 cm³/mol. The van der Waals surface area contributed by atoms with E-state index < -0.39 is 23.7 Å². The molecule has 1 aliphatic carbocycles. The molecule has 2 rings (SSSR count). The Kier molecular flexibility index (Phi) is 6.97. The molecular formula is C18H26F2N2O2. The van der Waals surface area contributed by atoms with Gasteiger partial charge in [0.1, 0.15) is 0 Å². The summed E-state index contributed by atoms with van der Waals surface area (Å²) in [7, 11) is 0. The molecule has 1 saturated carbocycles. The lowest BCUT2D eigenvalue weighted by Gasteiger charge is -2.27. The number of halogens is 2. The summed E-state index contributed by atoms with van der Waals surface area (Å²) in [5.41, 5.74) is 0.121. The Morgan fingerprint density at radius 1 is 1.33 bits per heavy atom. The molecule has 4 nitrogen and oxygen atoms in total. The molecule has 2 amide bonds. The zero-order chi connectivity index (χ0) is 17.5. The van der Waals surface area contributed by atoms with E-state index in [9.17, 15) is 18.7 Å². The van der Waals surface area contributed by atoms with E-state index >= 15 is 0 Å². The van der Waals surface area contributed by atoms with Gasteiger partial charge in [0, 0.05) is 12.1 Å².